The molecule has 1 aromatic rings. The lowest BCUT2D eigenvalue weighted by molar-refractivity contribution is -0.132. The van der Waals surface area contributed by atoms with Crippen molar-refractivity contribution >= 4 is 23.4 Å². The van der Waals surface area contributed by atoms with E-state index in [-0.39, 0.29) is 10.9 Å². The van der Waals surface area contributed by atoms with Gasteiger partial charge in [-0.3, -0.25) is 0 Å². The molecule has 0 aromatic carbocycles. The van der Waals surface area contributed by atoms with Crippen molar-refractivity contribution in [1.82, 2.24) is 9.78 Å². The van der Waals surface area contributed by atoms with Crippen molar-refractivity contribution in [2.75, 3.05) is 0 Å². The summed E-state index contributed by atoms with van der Waals surface area (Å²) in [5.41, 5.74) is 7.19. The number of thioether (sulfide) groups is 1. The predicted molar refractivity (Wildman–Crippen MR) is 82.9 cm³/mol. The number of rotatable bonds is 6. The molecule has 1 aromatic heterocycles. The highest BCUT2D eigenvalue weighted by Gasteiger charge is 2.10. The molecule has 5 nitrogen and oxygen atoms in total. The second-order valence-corrected chi connectivity index (χ2v) is 5.30. The topological polar surface area (TPSA) is 81.1 Å². The molecule has 0 bridgehead atoms. The smallest absolute Gasteiger partial charge is 0.352 e. The first-order valence-electron chi connectivity index (χ1n) is 6.18. The van der Waals surface area contributed by atoms with Crippen LogP contribution in [0.15, 0.2) is 41.7 Å². The molecular formula is C14H19N3O2S. The third-order valence-electron chi connectivity index (χ3n) is 2.62. The van der Waals surface area contributed by atoms with Gasteiger partial charge in [0.1, 0.15) is 5.70 Å². The number of allylic oxidation sites excluding steroid dienone is 4. The molecule has 6 heteroatoms. The van der Waals surface area contributed by atoms with Crippen molar-refractivity contribution in [2.45, 2.75) is 26.0 Å². The van der Waals surface area contributed by atoms with Gasteiger partial charge >= 0.3 is 5.97 Å². The first-order valence-corrected chi connectivity index (χ1v) is 7.12. The van der Waals surface area contributed by atoms with E-state index in [4.69, 9.17) is 10.8 Å². The Morgan fingerprint density at radius 3 is 2.80 bits per heavy atom. The van der Waals surface area contributed by atoms with E-state index < -0.39 is 5.97 Å². The molecule has 0 fully saturated rings. The SMILES string of the molecule is C/C=C\C(=C/C)n1cc(C(C)S/C=C(\N)C(=O)O)cn1. The highest BCUT2D eigenvalue weighted by molar-refractivity contribution is 8.02. The third-order valence-corrected chi connectivity index (χ3v) is 3.69. The predicted octanol–water partition coefficient (Wildman–Crippen LogP) is 3.00. The number of nitrogens with zero attached hydrogens (tertiary/aromatic N) is 2. The Bertz CT molecular complexity index is 559. The molecule has 20 heavy (non-hydrogen) atoms. The summed E-state index contributed by atoms with van der Waals surface area (Å²) in [7, 11) is 0. The Kier molecular flexibility index (Phi) is 6.11. The van der Waals surface area contributed by atoms with Crippen molar-refractivity contribution in [3.63, 3.8) is 0 Å². The van der Waals surface area contributed by atoms with Gasteiger partial charge in [0.15, 0.2) is 0 Å². The number of aliphatic carboxylic acids is 1. The van der Waals surface area contributed by atoms with Crippen LogP contribution in [0.5, 0.6) is 0 Å². The van der Waals surface area contributed by atoms with Crippen LogP contribution in [0.25, 0.3) is 5.70 Å². The van der Waals surface area contributed by atoms with Gasteiger partial charge in [-0.2, -0.15) is 5.10 Å². The average Bonchev–Trinajstić information content (AvgIpc) is 2.91. The fraction of sp³-hybridized carbons (Fsp3) is 0.286. The molecule has 0 saturated heterocycles. The van der Waals surface area contributed by atoms with E-state index in [1.165, 1.54) is 17.2 Å². The van der Waals surface area contributed by atoms with E-state index in [1.54, 1.807) is 10.9 Å². The Morgan fingerprint density at radius 2 is 2.25 bits per heavy atom. The van der Waals surface area contributed by atoms with E-state index in [0.717, 1.165) is 11.3 Å². The second-order valence-electron chi connectivity index (χ2n) is 4.09. The lowest BCUT2D eigenvalue weighted by atomic mass is 10.3. The zero-order valence-electron chi connectivity index (χ0n) is 11.8. The second kappa shape index (κ2) is 7.59. The van der Waals surface area contributed by atoms with E-state index in [9.17, 15) is 4.79 Å². The Labute approximate surface area is 122 Å². The van der Waals surface area contributed by atoms with Crippen molar-refractivity contribution in [2.24, 2.45) is 5.73 Å². The molecule has 0 amide bonds. The number of carbonyl (C=O) groups is 1. The number of carboxylic acid groups (broad SMARTS) is 1. The number of nitrogens with two attached hydrogens (primary N) is 1. The lowest BCUT2D eigenvalue weighted by Crippen LogP contribution is -2.08. The number of carboxylic acids is 1. The summed E-state index contributed by atoms with van der Waals surface area (Å²) in [4.78, 5) is 10.6. The van der Waals surface area contributed by atoms with Crippen molar-refractivity contribution in [3.8, 4) is 0 Å². The highest BCUT2D eigenvalue weighted by Crippen LogP contribution is 2.29. The molecule has 108 valence electrons. The first-order chi connectivity index (χ1) is 9.49. The van der Waals surface area contributed by atoms with Gasteiger partial charge in [-0.1, -0.05) is 12.2 Å². The lowest BCUT2D eigenvalue weighted by Gasteiger charge is -2.05. The minimum atomic E-state index is -1.11. The summed E-state index contributed by atoms with van der Waals surface area (Å²) in [6, 6.07) is 0. The van der Waals surface area contributed by atoms with Crippen molar-refractivity contribution < 1.29 is 9.90 Å². The summed E-state index contributed by atoms with van der Waals surface area (Å²) < 4.78 is 1.79. The Hall–Kier alpha value is -1.95. The van der Waals surface area contributed by atoms with Gasteiger partial charge in [-0.15, -0.1) is 11.8 Å². The maximum atomic E-state index is 10.6. The highest BCUT2D eigenvalue weighted by atomic mass is 32.2. The molecule has 0 aliphatic carbocycles. The molecule has 1 heterocycles. The summed E-state index contributed by atoms with van der Waals surface area (Å²) >= 11 is 1.35. The largest absolute Gasteiger partial charge is 0.477 e. The van der Waals surface area contributed by atoms with Crippen LogP contribution in [0.4, 0.5) is 0 Å². The van der Waals surface area contributed by atoms with Crippen LogP contribution < -0.4 is 5.73 Å². The fourth-order valence-electron chi connectivity index (χ4n) is 1.47. The van der Waals surface area contributed by atoms with Crippen LogP contribution in [-0.4, -0.2) is 20.9 Å². The van der Waals surface area contributed by atoms with Crippen LogP contribution >= 0.6 is 11.8 Å². The first kappa shape index (κ1) is 16.1. The molecule has 1 atom stereocenters. The maximum absolute atomic E-state index is 10.6. The molecular weight excluding hydrogens is 274 g/mol. The zero-order valence-corrected chi connectivity index (χ0v) is 12.6. The van der Waals surface area contributed by atoms with E-state index in [2.05, 4.69) is 5.10 Å². The van der Waals surface area contributed by atoms with Crippen LogP contribution in [-0.2, 0) is 4.79 Å². The quantitative estimate of drug-likeness (QED) is 0.622. The molecule has 3 N–H and O–H groups in total. The van der Waals surface area contributed by atoms with Gasteiger partial charge in [0, 0.05) is 22.4 Å². The minimum Gasteiger partial charge on any atom is -0.477 e. The summed E-state index contributed by atoms with van der Waals surface area (Å²) in [5.74, 6) is -1.11. The van der Waals surface area contributed by atoms with E-state index >= 15 is 0 Å². The minimum absolute atomic E-state index is 0.0744. The molecule has 0 aliphatic heterocycles. The third kappa shape index (κ3) is 4.31. The zero-order chi connectivity index (χ0) is 15.1. The number of hydrogen-bond donors (Lipinski definition) is 2. The molecule has 0 radical (unpaired) electrons. The monoisotopic (exact) mass is 293 g/mol. The average molecular weight is 293 g/mol. The summed E-state index contributed by atoms with van der Waals surface area (Å²) in [6.07, 6.45) is 9.59. The van der Waals surface area contributed by atoms with Gasteiger partial charge < -0.3 is 10.8 Å². The summed E-state index contributed by atoms with van der Waals surface area (Å²) in [6.45, 7) is 5.87. The van der Waals surface area contributed by atoms with Crippen molar-refractivity contribution in [1.29, 1.82) is 0 Å². The van der Waals surface area contributed by atoms with Gasteiger partial charge in [-0.05, 0) is 26.8 Å². The Morgan fingerprint density at radius 1 is 1.55 bits per heavy atom. The standard InChI is InChI=1S/C14H19N3O2S/c1-4-6-12(5-2)17-8-11(7-16-17)10(3)20-9-13(15)14(18)19/h4-10H,15H2,1-3H3,(H,18,19)/b6-4-,12-5+,13-9-. The Balaban J connectivity index is 2.81. The molecule has 1 rings (SSSR count). The van der Waals surface area contributed by atoms with E-state index in [1.807, 2.05) is 45.2 Å². The molecule has 0 aliphatic rings. The van der Waals surface area contributed by atoms with Crippen LogP contribution in [0.2, 0.25) is 0 Å². The van der Waals surface area contributed by atoms with Crippen molar-refractivity contribution in [3.05, 3.63) is 47.3 Å². The number of hydrogen-bond acceptors (Lipinski definition) is 4. The fourth-order valence-corrected chi connectivity index (χ4v) is 2.20. The summed E-state index contributed by atoms with van der Waals surface area (Å²) in [5, 5.41) is 14.5. The van der Waals surface area contributed by atoms with Gasteiger partial charge in [-0.25, -0.2) is 9.48 Å². The van der Waals surface area contributed by atoms with Gasteiger partial charge in [0.05, 0.1) is 11.9 Å². The van der Waals surface area contributed by atoms with Gasteiger partial charge in [0.2, 0.25) is 0 Å². The van der Waals surface area contributed by atoms with E-state index in [0.29, 0.717) is 0 Å². The van der Waals surface area contributed by atoms with Gasteiger partial charge in [0.25, 0.3) is 0 Å². The van der Waals surface area contributed by atoms with Crippen LogP contribution in [0.3, 0.4) is 0 Å². The normalized spacial score (nSPS) is 14.8. The van der Waals surface area contributed by atoms with Crippen LogP contribution in [0, 0.1) is 0 Å². The molecule has 0 spiro atoms. The molecule has 0 saturated carbocycles. The number of aromatic nitrogens is 2. The maximum Gasteiger partial charge on any atom is 0.352 e. The molecule has 1 unspecified atom stereocenters. The van der Waals surface area contributed by atoms with Crippen LogP contribution in [0.1, 0.15) is 31.6 Å².